The SMILES string of the molecule is CCC1CCC(N(C(=O)NCc2nnc3n2CCC3)C2CC2)CC1. The summed E-state index contributed by atoms with van der Waals surface area (Å²) in [5.74, 6) is 2.83. The maximum atomic E-state index is 12.8. The summed E-state index contributed by atoms with van der Waals surface area (Å²) in [7, 11) is 0. The van der Waals surface area contributed by atoms with Crippen molar-refractivity contribution >= 4 is 6.03 Å². The van der Waals surface area contributed by atoms with Crippen LogP contribution in [0.15, 0.2) is 0 Å². The average Bonchev–Trinajstić information content (AvgIpc) is 3.18. The third-order valence-electron chi connectivity index (χ3n) is 6.05. The predicted molar refractivity (Wildman–Crippen MR) is 91.5 cm³/mol. The van der Waals surface area contributed by atoms with Gasteiger partial charge in [-0.05, 0) is 50.9 Å². The number of hydrogen-bond acceptors (Lipinski definition) is 3. The topological polar surface area (TPSA) is 63.1 Å². The lowest BCUT2D eigenvalue weighted by Crippen LogP contribution is -2.48. The molecule has 0 atom stereocenters. The number of fused-ring (bicyclic) bond motifs is 1. The minimum atomic E-state index is 0.104. The second kappa shape index (κ2) is 6.73. The number of carbonyl (C=O) groups excluding carboxylic acids is 1. The highest BCUT2D eigenvalue weighted by Crippen LogP contribution is 2.36. The largest absolute Gasteiger partial charge is 0.331 e. The molecule has 1 aliphatic heterocycles. The molecular weight excluding hydrogens is 302 g/mol. The Bertz CT molecular complexity index is 586. The quantitative estimate of drug-likeness (QED) is 0.902. The Morgan fingerprint density at radius 3 is 2.54 bits per heavy atom. The lowest BCUT2D eigenvalue weighted by molar-refractivity contribution is 0.137. The van der Waals surface area contributed by atoms with E-state index in [1.54, 1.807) is 0 Å². The van der Waals surface area contributed by atoms with E-state index in [1.807, 2.05) is 0 Å². The van der Waals surface area contributed by atoms with Gasteiger partial charge in [-0.1, -0.05) is 13.3 Å². The Morgan fingerprint density at radius 1 is 1.17 bits per heavy atom. The summed E-state index contributed by atoms with van der Waals surface area (Å²) in [5.41, 5.74) is 0. The summed E-state index contributed by atoms with van der Waals surface area (Å²) in [6.07, 6.45) is 10.6. The van der Waals surface area contributed by atoms with Gasteiger partial charge < -0.3 is 14.8 Å². The van der Waals surface area contributed by atoms with Gasteiger partial charge in [0, 0.05) is 25.0 Å². The van der Waals surface area contributed by atoms with E-state index in [4.69, 9.17) is 0 Å². The van der Waals surface area contributed by atoms with Crippen molar-refractivity contribution in [3.63, 3.8) is 0 Å². The normalized spacial score (nSPS) is 26.2. The molecule has 24 heavy (non-hydrogen) atoms. The standard InChI is InChI=1S/C18H29N5O/c1-2-13-5-7-14(8-6-13)23(15-9-10-15)18(24)19-12-17-21-20-16-4-3-11-22(16)17/h13-15H,2-12H2,1H3,(H,19,24). The van der Waals surface area contributed by atoms with Gasteiger partial charge in [0.25, 0.3) is 0 Å². The van der Waals surface area contributed by atoms with Crippen LogP contribution < -0.4 is 5.32 Å². The highest BCUT2D eigenvalue weighted by atomic mass is 16.2. The van der Waals surface area contributed by atoms with Crippen molar-refractivity contribution in [1.82, 2.24) is 25.0 Å². The number of nitrogens with one attached hydrogen (secondary N) is 1. The molecule has 6 nitrogen and oxygen atoms in total. The molecule has 2 fully saturated rings. The van der Waals surface area contributed by atoms with Gasteiger partial charge >= 0.3 is 6.03 Å². The van der Waals surface area contributed by atoms with Crippen LogP contribution >= 0.6 is 0 Å². The van der Waals surface area contributed by atoms with E-state index in [9.17, 15) is 4.79 Å². The molecule has 132 valence electrons. The third-order valence-corrected chi connectivity index (χ3v) is 6.05. The molecule has 0 aromatic carbocycles. The van der Waals surface area contributed by atoms with Gasteiger partial charge in [-0.15, -0.1) is 10.2 Å². The molecule has 1 aromatic heterocycles. The maximum Gasteiger partial charge on any atom is 0.318 e. The fraction of sp³-hybridized carbons (Fsp3) is 0.833. The fourth-order valence-electron chi connectivity index (χ4n) is 4.40. The number of nitrogens with zero attached hydrogens (tertiary/aromatic N) is 4. The van der Waals surface area contributed by atoms with E-state index in [-0.39, 0.29) is 6.03 Å². The van der Waals surface area contributed by atoms with Crippen molar-refractivity contribution in [2.75, 3.05) is 0 Å². The van der Waals surface area contributed by atoms with Gasteiger partial charge in [0.15, 0.2) is 5.82 Å². The Labute approximate surface area is 144 Å². The highest BCUT2D eigenvalue weighted by molar-refractivity contribution is 5.75. The van der Waals surface area contributed by atoms with Crippen LogP contribution in [-0.2, 0) is 19.5 Å². The van der Waals surface area contributed by atoms with Crippen LogP contribution in [0.3, 0.4) is 0 Å². The van der Waals surface area contributed by atoms with Gasteiger partial charge in [0.2, 0.25) is 0 Å². The number of rotatable bonds is 5. The molecule has 0 radical (unpaired) electrons. The molecule has 0 spiro atoms. The molecule has 2 amide bonds. The average molecular weight is 331 g/mol. The summed E-state index contributed by atoms with van der Waals surface area (Å²) in [6.45, 7) is 3.77. The zero-order chi connectivity index (χ0) is 16.5. The van der Waals surface area contributed by atoms with Crippen LogP contribution in [-0.4, -0.2) is 37.8 Å². The number of urea groups is 1. The van der Waals surface area contributed by atoms with Crippen LogP contribution in [0.2, 0.25) is 0 Å². The molecular formula is C18H29N5O. The van der Waals surface area contributed by atoms with Crippen molar-refractivity contribution in [2.24, 2.45) is 5.92 Å². The van der Waals surface area contributed by atoms with Crippen molar-refractivity contribution in [1.29, 1.82) is 0 Å². The van der Waals surface area contributed by atoms with E-state index < -0.39 is 0 Å². The molecule has 2 saturated carbocycles. The third kappa shape index (κ3) is 3.15. The number of hydrogen-bond donors (Lipinski definition) is 1. The number of aryl methyl sites for hydroxylation is 1. The zero-order valence-corrected chi connectivity index (χ0v) is 14.7. The maximum absolute atomic E-state index is 12.8. The van der Waals surface area contributed by atoms with Crippen molar-refractivity contribution in [3.05, 3.63) is 11.6 Å². The summed E-state index contributed by atoms with van der Waals surface area (Å²) in [4.78, 5) is 15.0. The van der Waals surface area contributed by atoms with Gasteiger partial charge in [-0.25, -0.2) is 4.79 Å². The predicted octanol–water partition coefficient (Wildman–Crippen LogP) is 2.87. The number of carbonyl (C=O) groups is 1. The minimum absolute atomic E-state index is 0.104. The molecule has 2 heterocycles. The Hall–Kier alpha value is -1.59. The molecule has 0 unspecified atom stereocenters. The van der Waals surface area contributed by atoms with Crippen LogP contribution in [0.1, 0.15) is 69.9 Å². The van der Waals surface area contributed by atoms with Crippen molar-refractivity contribution in [2.45, 2.75) is 89.9 Å². The monoisotopic (exact) mass is 331 g/mol. The van der Waals surface area contributed by atoms with E-state index >= 15 is 0 Å². The summed E-state index contributed by atoms with van der Waals surface area (Å²) >= 11 is 0. The van der Waals surface area contributed by atoms with Crippen LogP contribution in [0.5, 0.6) is 0 Å². The van der Waals surface area contributed by atoms with Crippen LogP contribution in [0.25, 0.3) is 0 Å². The molecule has 2 aliphatic carbocycles. The van der Waals surface area contributed by atoms with Crippen molar-refractivity contribution < 1.29 is 4.79 Å². The molecule has 0 bridgehead atoms. The Balaban J connectivity index is 1.36. The molecule has 3 aliphatic rings. The molecule has 4 rings (SSSR count). The second-order valence-electron chi connectivity index (χ2n) is 7.67. The first-order valence-corrected chi connectivity index (χ1v) is 9.73. The summed E-state index contributed by atoms with van der Waals surface area (Å²) in [6, 6.07) is 1.01. The molecule has 6 heteroatoms. The fourth-order valence-corrected chi connectivity index (χ4v) is 4.40. The molecule has 1 N–H and O–H groups in total. The summed E-state index contributed by atoms with van der Waals surface area (Å²) in [5, 5.41) is 11.6. The van der Waals surface area contributed by atoms with Crippen molar-refractivity contribution in [3.8, 4) is 0 Å². The first-order valence-electron chi connectivity index (χ1n) is 9.73. The smallest absolute Gasteiger partial charge is 0.318 e. The number of aromatic nitrogens is 3. The lowest BCUT2D eigenvalue weighted by Gasteiger charge is -2.37. The van der Waals surface area contributed by atoms with Gasteiger partial charge in [0.05, 0.1) is 6.54 Å². The van der Waals surface area contributed by atoms with Gasteiger partial charge in [0.1, 0.15) is 5.82 Å². The number of amides is 2. The van der Waals surface area contributed by atoms with E-state index in [2.05, 4.69) is 31.9 Å². The van der Waals surface area contributed by atoms with E-state index in [0.29, 0.717) is 18.6 Å². The highest BCUT2D eigenvalue weighted by Gasteiger charge is 2.38. The Morgan fingerprint density at radius 2 is 1.88 bits per heavy atom. The van der Waals surface area contributed by atoms with Crippen LogP contribution in [0, 0.1) is 5.92 Å². The van der Waals surface area contributed by atoms with Gasteiger partial charge in [-0.3, -0.25) is 0 Å². The Kier molecular flexibility index (Phi) is 4.46. The summed E-state index contributed by atoms with van der Waals surface area (Å²) < 4.78 is 2.16. The second-order valence-corrected chi connectivity index (χ2v) is 7.67. The first-order chi connectivity index (χ1) is 11.8. The van der Waals surface area contributed by atoms with E-state index in [0.717, 1.165) is 37.0 Å². The minimum Gasteiger partial charge on any atom is -0.331 e. The lowest BCUT2D eigenvalue weighted by atomic mass is 9.84. The van der Waals surface area contributed by atoms with E-state index in [1.165, 1.54) is 44.9 Å². The van der Waals surface area contributed by atoms with Gasteiger partial charge in [-0.2, -0.15) is 0 Å². The molecule has 0 saturated heterocycles. The first kappa shape index (κ1) is 15.9. The molecule has 1 aromatic rings. The van der Waals surface area contributed by atoms with Crippen LogP contribution in [0.4, 0.5) is 4.79 Å². The zero-order valence-electron chi connectivity index (χ0n) is 14.7.